The zero-order chi connectivity index (χ0) is 12.4. The number of amides is 1. The minimum absolute atomic E-state index is 0.0236. The van der Waals surface area contributed by atoms with Crippen molar-refractivity contribution in [1.29, 1.82) is 0 Å². The second-order valence-corrected chi connectivity index (χ2v) is 4.26. The van der Waals surface area contributed by atoms with E-state index >= 15 is 0 Å². The third-order valence-corrected chi connectivity index (χ3v) is 3.13. The van der Waals surface area contributed by atoms with Crippen LogP contribution in [0.4, 0.5) is 5.69 Å². The van der Waals surface area contributed by atoms with E-state index < -0.39 is 11.9 Å². The fourth-order valence-corrected chi connectivity index (χ4v) is 2.17. The highest BCUT2D eigenvalue weighted by atomic mass is 16.4. The first kappa shape index (κ1) is 11.6. The summed E-state index contributed by atoms with van der Waals surface area (Å²) in [6.45, 7) is 1.86. The number of rotatable bonds is 3. The largest absolute Gasteiger partial charge is 0.481 e. The van der Waals surface area contributed by atoms with Gasteiger partial charge in [0, 0.05) is 12.1 Å². The Balaban J connectivity index is 2.33. The molecule has 4 heteroatoms. The Labute approximate surface area is 99.6 Å². The quantitative estimate of drug-likeness (QED) is 0.840. The number of benzene rings is 1. The van der Waals surface area contributed by atoms with Gasteiger partial charge in [0.1, 0.15) is 0 Å². The van der Waals surface area contributed by atoms with Crippen molar-refractivity contribution in [3.63, 3.8) is 0 Å². The lowest BCUT2D eigenvalue weighted by Gasteiger charge is -2.19. The van der Waals surface area contributed by atoms with Crippen molar-refractivity contribution in [3.8, 4) is 0 Å². The number of nitrogens with one attached hydrogen (secondary N) is 1. The normalized spacial score (nSPS) is 15.9. The van der Waals surface area contributed by atoms with Gasteiger partial charge in [-0.3, -0.25) is 9.59 Å². The van der Waals surface area contributed by atoms with Gasteiger partial charge in [-0.2, -0.15) is 0 Å². The maximum Gasteiger partial charge on any atom is 0.310 e. The van der Waals surface area contributed by atoms with Gasteiger partial charge < -0.3 is 10.4 Å². The molecule has 0 fully saturated rings. The zero-order valence-electron chi connectivity index (χ0n) is 9.69. The van der Waals surface area contributed by atoms with Gasteiger partial charge >= 0.3 is 5.97 Å². The lowest BCUT2D eigenvalue weighted by atomic mass is 9.92. The topological polar surface area (TPSA) is 66.4 Å². The summed E-state index contributed by atoms with van der Waals surface area (Å²) >= 11 is 0. The van der Waals surface area contributed by atoms with E-state index in [0.717, 1.165) is 16.8 Å². The first-order valence-corrected chi connectivity index (χ1v) is 5.77. The first-order valence-electron chi connectivity index (χ1n) is 5.77. The fraction of sp³-hybridized carbons (Fsp3) is 0.385. The molecule has 1 amide bonds. The van der Waals surface area contributed by atoms with Crippen LogP contribution >= 0.6 is 0 Å². The van der Waals surface area contributed by atoms with Gasteiger partial charge in [-0.15, -0.1) is 0 Å². The maximum absolute atomic E-state index is 11.2. The molecule has 1 heterocycles. The van der Waals surface area contributed by atoms with Gasteiger partial charge in [0.05, 0.1) is 5.92 Å². The summed E-state index contributed by atoms with van der Waals surface area (Å²) in [7, 11) is 0. The van der Waals surface area contributed by atoms with E-state index in [1.807, 2.05) is 13.0 Å². The van der Waals surface area contributed by atoms with Gasteiger partial charge in [0.25, 0.3) is 0 Å². The van der Waals surface area contributed by atoms with E-state index in [0.29, 0.717) is 19.3 Å². The Kier molecular flexibility index (Phi) is 3.13. The van der Waals surface area contributed by atoms with Gasteiger partial charge in [-0.25, -0.2) is 0 Å². The number of carbonyl (C=O) groups is 2. The van der Waals surface area contributed by atoms with Crippen LogP contribution in [-0.4, -0.2) is 17.0 Å². The van der Waals surface area contributed by atoms with Crippen molar-refractivity contribution in [2.75, 3.05) is 5.32 Å². The number of anilines is 1. The SMILES string of the molecule is CCC(C(=O)O)c1ccc2c(c1)CCC(=O)N2. The number of carboxylic acids is 1. The lowest BCUT2D eigenvalue weighted by Crippen LogP contribution is -2.19. The van der Waals surface area contributed by atoms with E-state index in [9.17, 15) is 9.59 Å². The Morgan fingerprint density at radius 2 is 2.24 bits per heavy atom. The molecule has 0 radical (unpaired) electrons. The summed E-state index contributed by atoms with van der Waals surface area (Å²) in [5, 5.41) is 11.9. The van der Waals surface area contributed by atoms with E-state index in [-0.39, 0.29) is 5.91 Å². The molecule has 1 atom stereocenters. The van der Waals surface area contributed by atoms with Gasteiger partial charge in [-0.1, -0.05) is 19.1 Å². The molecule has 2 N–H and O–H groups in total. The van der Waals surface area contributed by atoms with Crippen LogP contribution in [0.5, 0.6) is 0 Å². The summed E-state index contributed by atoms with van der Waals surface area (Å²) < 4.78 is 0. The number of aryl methyl sites for hydroxylation is 1. The number of carbonyl (C=O) groups excluding carboxylic acids is 1. The molecule has 1 aromatic rings. The molecule has 0 aliphatic carbocycles. The van der Waals surface area contributed by atoms with Crippen LogP contribution < -0.4 is 5.32 Å². The number of aliphatic carboxylic acids is 1. The second-order valence-electron chi connectivity index (χ2n) is 4.26. The molecule has 1 aromatic carbocycles. The monoisotopic (exact) mass is 233 g/mol. The van der Waals surface area contributed by atoms with Crippen LogP contribution in [0, 0.1) is 0 Å². The van der Waals surface area contributed by atoms with Crippen LogP contribution in [0.25, 0.3) is 0 Å². The number of hydrogen-bond acceptors (Lipinski definition) is 2. The van der Waals surface area contributed by atoms with Crippen molar-refractivity contribution in [2.45, 2.75) is 32.1 Å². The number of carboxylic acid groups (broad SMARTS) is 1. The van der Waals surface area contributed by atoms with Crippen molar-refractivity contribution in [3.05, 3.63) is 29.3 Å². The lowest BCUT2D eigenvalue weighted by molar-refractivity contribution is -0.138. The summed E-state index contributed by atoms with van der Waals surface area (Å²) in [6.07, 6.45) is 1.73. The highest BCUT2D eigenvalue weighted by molar-refractivity contribution is 5.94. The minimum Gasteiger partial charge on any atom is -0.481 e. The third kappa shape index (κ3) is 2.30. The molecular formula is C13H15NO3. The highest BCUT2D eigenvalue weighted by Crippen LogP contribution is 2.28. The van der Waals surface area contributed by atoms with Crippen LogP contribution in [-0.2, 0) is 16.0 Å². The Bertz CT molecular complexity index is 468. The van der Waals surface area contributed by atoms with Crippen LogP contribution in [0.3, 0.4) is 0 Å². The molecule has 90 valence electrons. The molecule has 0 spiro atoms. The molecular weight excluding hydrogens is 218 g/mol. The molecule has 1 aliphatic heterocycles. The van der Waals surface area contributed by atoms with Crippen molar-refractivity contribution in [1.82, 2.24) is 0 Å². The van der Waals surface area contributed by atoms with Gasteiger partial charge in [-0.05, 0) is 30.0 Å². The number of fused-ring (bicyclic) bond motifs is 1. The van der Waals surface area contributed by atoms with Crippen LogP contribution in [0.15, 0.2) is 18.2 Å². The van der Waals surface area contributed by atoms with Crippen LogP contribution in [0.1, 0.15) is 36.8 Å². The van der Waals surface area contributed by atoms with E-state index in [1.54, 1.807) is 12.1 Å². The number of hydrogen-bond donors (Lipinski definition) is 2. The average molecular weight is 233 g/mol. The predicted molar refractivity (Wildman–Crippen MR) is 64.1 cm³/mol. The highest BCUT2D eigenvalue weighted by Gasteiger charge is 2.20. The molecule has 0 saturated carbocycles. The second kappa shape index (κ2) is 4.57. The van der Waals surface area contributed by atoms with Crippen molar-refractivity contribution in [2.24, 2.45) is 0 Å². The summed E-state index contributed by atoms with van der Waals surface area (Å²) in [4.78, 5) is 22.3. The first-order chi connectivity index (χ1) is 8.11. The summed E-state index contributed by atoms with van der Waals surface area (Å²) in [5.41, 5.74) is 2.65. The predicted octanol–water partition coefficient (Wildman–Crippen LogP) is 2.15. The van der Waals surface area contributed by atoms with E-state index in [4.69, 9.17) is 5.11 Å². The maximum atomic E-state index is 11.2. The Morgan fingerprint density at radius 3 is 2.88 bits per heavy atom. The standard InChI is InChI=1S/C13H15NO3/c1-2-10(13(16)17)8-3-5-11-9(7-8)4-6-12(15)14-11/h3,5,7,10H,2,4,6H2,1H3,(H,14,15)(H,16,17). The third-order valence-electron chi connectivity index (χ3n) is 3.13. The van der Waals surface area contributed by atoms with E-state index in [2.05, 4.69) is 5.32 Å². The summed E-state index contributed by atoms with van der Waals surface area (Å²) in [6, 6.07) is 5.48. The van der Waals surface area contributed by atoms with Gasteiger partial charge in [0.15, 0.2) is 0 Å². The smallest absolute Gasteiger partial charge is 0.310 e. The molecule has 0 aromatic heterocycles. The minimum atomic E-state index is -0.799. The zero-order valence-corrected chi connectivity index (χ0v) is 9.69. The molecule has 0 bridgehead atoms. The molecule has 2 rings (SSSR count). The molecule has 4 nitrogen and oxygen atoms in total. The van der Waals surface area contributed by atoms with Crippen molar-refractivity contribution < 1.29 is 14.7 Å². The van der Waals surface area contributed by atoms with Gasteiger partial charge in [0.2, 0.25) is 5.91 Å². The fourth-order valence-electron chi connectivity index (χ4n) is 2.17. The Hall–Kier alpha value is -1.84. The molecule has 1 aliphatic rings. The van der Waals surface area contributed by atoms with Crippen molar-refractivity contribution >= 4 is 17.6 Å². The van der Waals surface area contributed by atoms with Crippen LogP contribution in [0.2, 0.25) is 0 Å². The van der Waals surface area contributed by atoms with E-state index in [1.165, 1.54) is 0 Å². The Morgan fingerprint density at radius 1 is 1.47 bits per heavy atom. The molecule has 17 heavy (non-hydrogen) atoms. The molecule has 1 unspecified atom stereocenters. The average Bonchev–Trinajstić information content (AvgIpc) is 2.29. The summed E-state index contributed by atoms with van der Waals surface area (Å²) in [5.74, 6) is -1.24. The molecule has 0 saturated heterocycles.